The first-order valence-corrected chi connectivity index (χ1v) is 10.2. The molecule has 1 unspecified atom stereocenters. The maximum atomic E-state index is 3.73. The van der Waals surface area contributed by atoms with E-state index in [1.807, 2.05) is 0 Å². The molecule has 0 spiro atoms. The summed E-state index contributed by atoms with van der Waals surface area (Å²) in [4.78, 5) is 0. The Hall–Kier alpha value is 1.76. The van der Waals surface area contributed by atoms with Crippen molar-refractivity contribution in [3.8, 4) is 0 Å². The summed E-state index contributed by atoms with van der Waals surface area (Å²) in [5, 5.41) is 14.2. The molecule has 0 aromatic heterocycles. The molecule has 0 aromatic carbocycles. The highest BCUT2D eigenvalue weighted by Gasteiger charge is 2.13. The Morgan fingerprint density at radius 2 is 1.26 bits per heavy atom. The molecular formula is C19H46Br4N4. The summed E-state index contributed by atoms with van der Waals surface area (Å²) in [6.07, 6.45) is 10.9. The van der Waals surface area contributed by atoms with Crippen molar-refractivity contribution in [2.75, 3.05) is 45.8 Å². The van der Waals surface area contributed by atoms with E-state index in [1.54, 1.807) is 0 Å². The predicted molar refractivity (Wildman–Crippen MR) is 143 cm³/mol. The predicted octanol–water partition coefficient (Wildman–Crippen LogP) is 4.82. The Bertz CT molecular complexity index is 258. The second-order valence-corrected chi connectivity index (χ2v) is 7.16. The molecule has 0 heterocycles. The molecule has 170 valence electrons. The molecule has 1 atom stereocenters. The van der Waals surface area contributed by atoms with Crippen molar-refractivity contribution in [3.63, 3.8) is 0 Å². The van der Waals surface area contributed by atoms with Crippen molar-refractivity contribution in [1.82, 2.24) is 21.3 Å². The highest BCUT2D eigenvalue weighted by molar-refractivity contribution is 8.93. The third-order valence-electron chi connectivity index (χ3n) is 4.90. The molecule has 4 N–H and O–H groups in total. The minimum absolute atomic E-state index is 0. The van der Waals surface area contributed by atoms with Gasteiger partial charge in [-0.1, -0.05) is 26.2 Å². The van der Waals surface area contributed by atoms with Gasteiger partial charge in [0.25, 0.3) is 0 Å². The van der Waals surface area contributed by atoms with Crippen LogP contribution in [0.4, 0.5) is 0 Å². The van der Waals surface area contributed by atoms with E-state index in [2.05, 4.69) is 35.1 Å². The van der Waals surface area contributed by atoms with Gasteiger partial charge in [-0.05, 0) is 90.8 Å². The monoisotopic (exact) mass is 646 g/mol. The van der Waals surface area contributed by atoms with E-state index < -0.39 is 0 Å². The summed E-state index contributed by atoms with van der Waals surface area (Å²) < 4.78 is 0. The van der Waals surface area contributed by atoms with Gasteiger partial charge in [0.2, 0.25) is 0 Å². The summed E-state index contributed by atoms with van der Waals surface area (Å²) in [5.41, 5.74) is 0. The topological polar surface area (TPSA) is 48.1 Å². The maximum Gasteiger partial charge on any atom is 0.00509 e. The maximum absolute atomic E-state index is 3.73. The van der Waals surface area contributed by atoms with Gasteiger partial charge in [0.05, 0.1) is 0 Å². The third kappa shape index (κ3) is 23.9. The molecule has 1 rings (SSSR count). The van der Waals surface area contributed by atoms with Crippen LogP contribution in [-0.4, -0.2) is 51.9 Å². The number of halogens is 4. The molecule has 0 saturated heterocycles. The second kappa shape index (κ2) is 27.8. The fraction of sp³-hybridized carbons (Fsp3) is 1.00. The van der Waals surface area contributed by atoms with Gasteiger partial charge in [0.1, 0.15) is 0 Å². The summed E-state index contributed by atoms with van der Waals surface area (Å²) in [7, 11) is 0. The summed E-state index contributed by atoms with van der Waals surface area (Å²) in [6.45, 7) is 12.5. The highest BCUT2D eigenvalue weighted by Crippen LogP contribution is 2.22. The van der Waals surface area contributed by atoms with Crippen LogP contribution in [0.3, 0.4) is 0 Å². The van der Waals surface area contributed by atoms with E-state index >= 15 is 0 Å². The molecule has 0 bridgehead atoms. The second-order valence-electron chi connectivity index (χ2n) is 7.16. The third-order valence-corrected chi connectivity index (χ3v) is 4.90. The number of hydrogen-bond donors (Lipinski definition) is 4. The molecule has 0 aliphatic heterocycles. The van der Waals surface area contributed by atoms with E-state index in [1.165, 1.54) is 57.9 Å². The van der Waals surface area contributed by atoms with Crippen molar-refractivity contribution in [2.45, 2.75) is 71.3 Å². The lowest BCUT2D eigenvalue weighted by molar-refractivity contribution is 0.326. The van der Waals surface area contributed by atoms with E-state index in [0.717, 1.165) is 45.2 Å². The fourth-order valence-corrected chi connectivity index (χ4v) is 3.28. The first-order chi connectivity index (χ1) is 11.3. The molecule has 0 aromatic rings. The lowest BCUT2D eigenvalue weighted by atomic mass is 9.89. The van der Waals surface area contributed by atoms with Crippen LogP contribution in [0.1, 0.15) is 65.2 Å². The van der Waals surface area contributed by atoms with Gasteiger partial charge in [-0.25, -0.2) is 0 Å². The van der Waals surface area contributed by atoms with E-state index in [0.29, 0.717) is 6.04 Å². The molecule has 4 nitrogen and oxygen atoms in total. The van der Waals surface area contributed by atoms with Crippen LogP contribution in [0, 0.1) is 5.92 Å². The Morgan fingerprint density at radius 1 is 0.741 bits per heavy atom. The molecule has 8 heteroatoms. The van der Waals surface area contributed by atoms with Crippen LogP contribution in [0.15, 0.2) is 0 Å². The quantitative estimate of drug-likeness (QED) is 0.192. The van der Waals surface area contributed by atoms with Crippen molar-refractivity contribution in [1.29, 1.82) is 0 Å². The Balaban J connectivity index is -0.000000661. The lowest BCUT2D eigenvalue weighted by Crippen LogP contribution is -2.34. The zero-order valence-corrected chi connectivity index (χ0v) is 24.2. The van der Waals surface area contributed by atoms with Gasteiger partial charge in [0.15, 0.2) is 0 Å². The van der Waals surface area contributed by atoms with Crippen LogP contribution in [-0.2, 0) is 0 Å². The van der Waals surface area contributed by atoms with Crippen LogP contribution in [0.5, 0.6) is 0 Å². The van der Waals surface area contributed by atoms with E-state index in [-0.39, 0.29) is 67.9 Å². The molecular weight excluding hydrogens is 604 g/mol. The molecule has 1 aliphatic rings. The number of rotatable bonds is 15. The van der Waals surface area contributed by atoms with Crippen LogP contribution in [0.2, 0.25) is 0 Å². The Labute approximate surface area is 211 Å². The highest BCUT2D eigenvalue weighted by atomic mass is 79.9. The molecule has 1 aliphatic carbocycles. The SMILES string of the molecule is Br.Br.Br.Br.CCNCCCNCCCNCCC(C)NCC1CCCCC1. The van der Waals surface area contributed by atoms with Gasteiger partial charge >= 0.3 is 0 Å². The van der Waals surface area contributed by atoms with Crippen molar-refractivity contribution in [2.24, 2.45) is 5.92 Å². The van der Waals surface area contributed by atoms with Crippen molar-refractivity contribution < 1.29 is 0 Å². The summed E-state index contributed by atoms with van der Waals surface area (Å²) in [6, 6.07) is 0.647. The number of nitrogens with one attached hydrogen (secondary N) is 4. The number of hydrogen-bond acceptors (Lipinski definition) is 4. The molecule has 1 saturated carbocycles. The van der Waals surface area contributed by atoms with Gasteiger partial charge < -0.3 is 21.3 Å². The van der Waals surface area contributed by atoms with Crippen molar-refractivity contribution >= 4 is 67.9 Å². The zero-order chi connectivity index (χ0) is 16.6. The van der Waals surface area contributed by atoms with Gasteiger partial charge in [0, 0.05) is 6.04 Å². The van der Waals surface area contributed by atoms with Gasteiger partial charge in [-0.15, -0.1) is 67.9 Å². The first-order valence-electron chi connectivity index (χ1n) is 10.2. The molecule has 0 radical (unpaired) electrons. The lowest BCUT2D eigenvalue weighted by Gasteiger charge is -2.24. The van der Waals surface area contributed by atoms with Gasteiger partial charge in [-0.2, -0.15) is 0 Å². The minimum atomic E-state index is 0. The standard InChI is InChI=1S/C19H42N4.4BrH/c1-3-20-12-7-13-21-14-8-15-22-16-11-18(2)23-17-19-9-5-4-6-10-19;;;;/h18-23H,3-17H2,1-2H3;4*1H. The van der Waals surface area contributed by atoms with Crippen molar-refractivity contribution in [3.05, 3.63) is 0 Å². The first kappa shape index (κ1) is 36.2. The minimum Gasteiger partial charge on any atom is -0.317 e. The molecule has 1 fully saturated rings. The largest absolute Gasteiger partial charge is 0.317 e. The van der Waals surface area contributed by atoms with Crippen LogP contribution in [0.25, 0.3) is 0 Å². The molecule has 27 heavy (non-hydrogen) atoms. The summed E-state index contributed by atoms with van der Waals surface area (Å²) in [5.74, 6) is 0.942. The van der Waals surface area contributed by atoms with Crippen LogP contribution < -0.4 is 21.3 Å². The Kier molecular flexibility index (Phi) is 37.2. The van der Waals surface area contributed by atoms with E-state index in [9.17, 15) is 0 Å². The normalized spacial score (nSPS) is 14.9. The average Bonchev–Trinajstić information content (AvgIpc) is 2.59. The van der Waals surface area contributed by atoms with E-state index in [4.69, 9.17) is 0 Å². The zero-order valence-electron chi connectivity index (χ0n) is 17.4. The molecule has 0 amide bonds. The average molecular weight is 650 g/mol. The Morgan fingerprint density at radius 3 is 1.81 bits per heavy atom. The fourth-order valence-electron chi connectivity index (χ4n) is 3.28. The van der Waals surface area contributed by atoms with Crippen LogP contribution >= 0.6 is 67.9 Å². The summed E-state index contributed by atoms with van der Waals surface area (Å²) >= 11 is 0. The van der Waals surface area contributed by atoms with Gasteiger partial charge in [-0.3, -0.25) is 0 Å². The smallest absolute Gasteiger partial charge is 0.00509 e.